The maximum absolute atomic E-state index is 15.2. The third-order valence-electron chi connectivity index (χ3n) is 6.44. The van der Waals surface area contributed by atoms with Crippen LogP contribution in [0.25, 0.3) is 0 Å². The van der Waals surface area contributed by atoms with Crippen molar-refractivity contribution in [1.82, 2.24) is 0 Å². The first kappa shape index (κ1) is 22.0. The number of aliphatic hydroxyl groups excluding tert-OH is 1. The zero-order valence-electron chi connectivity index (χ0n) is 16.5. The zero-order chi connectivity index (χ0) is 22.6. The molecule has 0 bridgehead atoms. The van der Waals surface area contributed by atoms with Gasteiger partial charge in [0, 0.05) is 13.2 Å². The largest absolute Gasteiger partial charge is 0.489 e. The van der Waals surface area contributed by atoms with Gasteiger partial charge in [0.05, 0.1) is 28.6 Å². The summed E-state index contributed by atoms with van der Waals surface area (Å²) >= 11 is 0. The fourth-order valence-electron chi connectivity index (χ4n) is 4.91. The molecule has 0 aromatic heterocycles. The topological polar surface area (TPSA) is 72.8 Å². The zero-order valence-corrected chi connectivity index (χ0v) is 17.3. The Morgan fingerprint density at radius 2 is 1.74 bits per heavy atom. The van der Waals surface area contributed by atoms with E-state index in [2.05, 4.69) is 0 Å². The third kappa shape index (κ3) is 2.91. The Labute approximate surface area is 176 Å². The number of hydrogen-bond acceptors (Lipinski definition) is 5. The van der Waals surface area contributed by atoms with Gasteiger partial charge in [0.2, 0.25) is 0 Å². The highest BCUT2D eigenvalue weighted by Crippen LogP contribution is 2.61. The van der Waals surface area contributed by atoms with Crippen LogP contribution in [0.2, 0.25) is 0 Å². The van der Waals surface area contributed by atoms with E-state index in [1.165, 1.54) is 6.92 Å². The normalized spacial score (nSPS) is 27.9. The average molecular weight is 460 g/mol. The first-order valence-electron chi connectivity index (χ1n) is 9.63. The molecule has 1 saturated heterocycles. The number of sulfone groups is 1. The molecule has 0 aliphatic carbocycles. The lowest BCUT2D eigenvalue weighted by Gasteiger charge is -2.56. The Hall–Kier alpha value is -2.17. The second-order valence-electron chi connectivity index (χ2n) is 7.97. The standard InChI is InChI=1S/C21H20F4O5S/c1-20-11-30-19-15(24)5-4-14(23)18(19)21(20,7-9-29-17(20)6-8-26)31(27,28)12-2-3-13(22)16(25)10-12/h2-5,10,17,26H,6-9,11H2,1H3/t17-,20-,21+/m0/s1. The molecule has 2 aliphatic rings. The first-order chi connectivity index (χ1) is 14.6. The van der Waals surface area contributed by atoms with Crippen molar-refractivity contribution in [3.05, 3.63) is 59.2 Å². The summed E-state index contributed by atoms with van der Waals surface area (Å²) in [6.45, 7) is 0.657. The molecule has 0 amide bonds. The van der Waals surface area contributed by atoms with Gasteiger partial charge in [-0.15, -0.1) is 0 Å². The molecule has 2 heterocycles. The number of halogens is 4. The lowest BCUT2D eigenvalue weighted by atomic mass is 9.64. The summed E-state index contributed by atoms with van der Waals surface area (Å²) < 4.78 is 94.5. The van der Waals surface area contributed by atoms with E-state index < -0.39 is 65.6 Å². The summed E-state index contributed by atoms with van der Waals surface area (Å²) in [5.74, 6) is -5.10. The van der Waals surface area contributed by atoms with Gasteiger partial charge in [0.25, 0.3) is 0 Å². The predicted octanol–water partition coefficient (Wildman–Crippen LogP) is 3.48. The molecule has 4 rings (SSSR count). The Morgan fingerprint density at radius 1 is 1.06 bits per heavy atom. The molecule has 10 heteroatoms. The van der Waals surface area contributed by atoms with Gasteiger partial charge in [-0.25, -0.2) is 26.0 Å². The fraction of sp³-hybridized carbons (Fsp3) is 0.429. The minimum atomic E-state index is -4.64. The molecule has 31 heavy (non-hydrogen) atoms. The van der Waals surface area contributed by atoms with Crippen LogP contribution in [0.5, 0.6) is 5.75 Å². The van der Waals surface area contributed by atoms with Crippen molar-refractivity contribution in [3.8, 4) is 5.75 Å². The van der Waals surface area contributed by atoms with Crippen LogP contribution < -0.4 is 4.74 Å². The summed E-state index contributed by atoms with van der Waals surface area (Å²) in [5.41, 5.74) is -1.98. The summed E-state index contributed by atoms with van der Waals surface area (Å²) in [6, 6.07) is 3.74. The molecule has 5 nitrogen and oxygen atoms in total. The minimum Gasteiger partial charge on any atom is -0.489 e. The summed E-state index contributed by atoms with van der Waals surface area (Å²) in [7, 11) is -4.64. The lowest BCUT2D eigenvalue weighted by Crippen LogP contribution is -2.64. The average Bonchev–Trinajstić information content (AvgIpc) is 2.72. The van der Waals surface area contributed by atoms with Crippen LogP contribution in [0.4, 0.5) is 17.6 Å². The summed E-state index contributed by atoms with van der Waals surface area (Å²) in [5, 5.41) is 9.49. The van der Waals surface area contributed by atoms with Gasteiger partial charge in [-0.05, 0) is 43.2 Å². The van der Waals surface area contributed by atoms with Crippen molar-refractivity contribution in [2.75, 3.05) is 19.8 Å². The predicted molar refractivity (Wildman–Crippen MR) is 101 cm³/mol. The van der Waals surface area contributed by atoms with E-state index in [-0.39, 0.29) is 32.7 Å². The lowest BCUT2D eigenvalue weighted by molar-refractivity contribution is -0.135. The molecule has 2 aliphatic heterocycles. The number of aliphatic hydroxyl groups is 1. The van der Waals surface area contributed by atoms with Gasteiger partial charge in [0.15, 0.2) is 33.0 Å². The van der Waals surface area contributed by atoms with E-state index in [4.69, 9.17) is 9.47 Å². The minimum absolute atomic E-state index is 0.0151. The van der Waals surface area contributed by atoms with Gasteiger partial charge in [0.1, 0.15) is 10.6 Å². The van der Waals surface area contributed by atoms with Gasteiger partial charge in [-0.1, -0.05) is 6.92 Å². The van der Waals surface area contributed by atoms with Crippen LogP contribution >= 0.6 is 0 Å². The molecular formula is C21H20F4O5S. The molecule has 2 aromatic carbocycles. The van der Waals surface area contributed by atoms with Crippen LogP contribution in [-0.2, 0) is 19.3 Å². The summed E-state index contributed by atoms with van der Waals surface area (Å²) in [4.78, 5) is -0.571. The van der Waals surface area contributed by atoms with Crippen molar-refractivity contribution in [2.24, 2.45) is 5.41 Å². The summed E-state index contributed by atoms with van der Waals surface area (Å²) in [6.07, 6.45) is -1.15. The van der Waals surface area contributed by atoms with Crippen molar-refractivity contribution in [1.29, 1.82) is 0 Å². The van der Waals surface area contributed by atoms with Crippen molar-refractivity contribution >= 4 is 9.84 Å². The smallest absolute Gasteiger partial charge is 0.189 e. The van der Waals surface area contributed by atoms with Crippen LogP contribution in [0.15, 0.2) is 35.2 Å². The molecule has 0 unspecified atom stereocenters. The van der Waals surface area contributed by atoms with Crippen LogP contribution in [0.1, 0.15) is 25.3 Å². The number of benzene rings is 2. The maximum Gasteiger partial charge on any atom is 0.189 e. The van der Waals surface area contributed by atoms with Gasteiger partial charge < -0.3 is 14.6 Å². The van der Waals surface area contributed by atoms with Crippen LogP contribution in [0, 0.1) is 28.7 Å². The molecule has 0 spiro atoms. The number of ether oxygens (including phenoxy) is 2. The molecule has 0 radical (unpaired) electrons. The van der Waals surface area contributed by atoms with Gasteiger partial charge in [-0.2, -0.15) is 0 Å². The highest BCUT2D eigenvalue weighted by molar-refractivity contribution is 7.92. The Balaban J connectivity index is 2.09. The molecular weight excluding hydrogens is 440 g/mol. The Kier molecular flexibility index (Phi) is 5.30. The molecule has 1 N–H and O–H groups in total. The fourth-order valence-corrected chi connectivity index (χ4v) is 7.43. The number of fused-ring (bicyclic) bond motifs is 3. The first-order valence-corrected chi connectivity index (χ1v) is 11.1. The van der Waals surface area contributed by atoms with E-state index >= 15 is 4.39 Å². The van der Waals surface area contributed by atoms with Crippen LogP contribution in [0.3, 0.4) is 0 Å². The van der Waals surface area contributed by atoms with E-state index in [9.17, 15) is 26.7 Å². The monoisotopic (exact) mass is 460 g/mol. The van der Waals surface area contributed by atoms with Crippen molar-refractivity contribution < 1.29 is 40.6 Å². The van der Waals surface area contributed by atoms with Gasteiger partial charge in [-0.3, -0.25) is 0 Å². The van der Waals surface area contributed by atoms with Crippen molar-refractivity contribution in [2.45, 2.75) is 35.5 Å². The second kappa shape index (κ2) is 7.46. The number of hydrogen-bond donors (Lipinski definition) is 1. The van der Waals surface area contributed by atoms with Gasteiger partial charge >= 0.3 is 0 Å². The molecule has 0 saturated carbocycles. The van der Waals surface area contributed by atoms with E-state index in [0.29, 0.717) is 12.1 Å². The van der Waals surface area contributed by atoms with E-state index in [1.54, 1.807) is 0 Å². The number of rotatable bonds is 4. The molecule has 168 valence electrons. The third-order valence-corrected chi connectivity index (χ3v) is 9.10. The van der Waals surface area contributed by atoms with E-state index in [1.807, 2.05) is 0 Å². The molecule has 1 fully saturated rings. The SMILES string of the molecule is C[C@@]12COc3c(F)ccc(F)c3[C@]1(S(=O)(=O)c1ccc(F)c(F)c1)CCO[C@H]2CCO. The quantitative estimate of drug-likeness (QED) is 0.559. The molecule has 2 aromatic rings. The van der Waals surface area contributed by atoms with E-state index in [0.717, 1.165) is 18.2 Å². The molecule has 3 atom stereocenters. The second-order valence-corrected chi connectivity index (χ2v) is 10.1. The highest BCUT2D eigenvalue weighted by atomic mass is 32.2. The van der Waals surface area contributed by atoms with Crippen molar-refractivity contribution in [3.63, 3.8) is 0 Å². The maximum atomic E-state index is 15.2. The highest BCUT2D eigenvalue weighted by Gasteiger charge is 2.68. The van der Waals surface area contributed by atoms with Crippen LogP contribution in [-0.4, -0.2) is 39.4 Å². The Bertz CT molecular complexity index is 1140. The Morgan fingerprint density at radius 3 is 2.42 bits per heavy atom.